The molecule has 3 aromatic carbocycles. The molecule has 39 heavy (non-hydrogen) atoms. The lowest BCUT2D eigenvalue weighted by molar-refractivity contribution is 0.245. The average molecular weight is 570 g/mol. The number of nitrogens with zero attached hydrogens (tertiary/aromatic N) is 2. The number of hydrogen-bond acceptors (Lipinski definition) is 5. The van der Waals surface area contributed by atoms with Crippen molar-refractivity contribution in [2.24, 2.45) is 11.8 Å². The fraction of sp³-hybridized carbons (Fsp3) is 0.400. The third-order valence-electron chi connectivity index (χ3n) is 7.42. The summed E-state index contributed by atoms with van der Waals surface area (Å²) in [5, 5.41) is 3.51. The van der Waals surface area contributed by atoms with Crippen LogP contribution in [0, 0.1) is 25.7 Å². The van der Waals surface area contributed by atoms with Crippen molar-refractivity contribution in [1.82, 2.24) is 4.31 Å². The maximum atomic E-state index is 14.2. The predicted octanol–water partition coefficient (Wildman–Crippen LogP) is 5.66. The molecule has 2 atom stereocenters. The summed E-state index contributed by atoms with van der Waals surface area (Å²) in [6.07, 6.45) is 0. The van der Waals surface area contributed by atoms with Crippen LogP contribution in [-0.4, -0.2) is 46.3 Å². The van der Waals surface area contributed by atoms with Crippen molar-refractivity contribution in [3.63, 3.8) is 0 Å². The zero-order valence-electron chi connectivity index (χ0n) is 23.5. The average Bonchev–Trinajstić information content (AvgIpc) is 2.96. The first-order valence-corrected chi connectivity index (χ1v) is 16.2. The quantitative estimate of drug-likeness (QED) is 0.414. The molecule has 1 aliphatic rings. The second-order valence-corrected chi connectivity index (χ2v) is 14.8. The van der Waals surface area contributed by atoms with Crippen molar-refractivity contribution < 1.29 is 16.8 Å². The molecule has 3 aromatic rings. The summed E-state index contributed by atoms with van der Waals surface area (Å²) in [4.78, 5) is 0.365. The van der Waals surface area contributed by atoms with E-state index < -0.39 is 26.1 Å². The highest BCUT2D eigenvalue weighted by Gasteiger charge is 2.41. The van der Waals surface area contributed by atoms with Crippen molar-refractivity contribution in [3.05, 3.63) is 83.9 Å². The Morgan fingerprint density at radius 1 is 0.692 bits per heavy atom. The zero-order chi connectivity index (χ0) is 28.5. The van der Waals surface area contributed by atoms with Gasteiger partial charge in [0.2, 0.25) is 10.0 Å². The smallest absolute Gasteiger partial charge is 0.264 e. The van der Waals surface area contributed by atoms with Crippen LogP contribution in [-0.2, 0) is 20.0 Å². The Hall–Kier alpha value is -2.88. The Balaban J connectivity index is 1.94. The summed E-state index contributed by atoms with van der Waals surface area (Å²) in [6.45, 7) is 12.0. The van der Waals surface area contributed by atoms with Gasteiger partial charge < -0.3 is 5.32 Å². The predicted molar refractivity (Wildman–Crippen MR) is 158 cm³/mol. The second kappa shape index (κ2) is 11.3. The van der Waals surface area contributed by atoms with E-state index in [0.29, 0.717) is 11.4 Å². The summed E-state index contributed by atoms with van der Waals surface area (Å²) in [6, 6.07) is 20.0. The van der Waals surface area contributed by atoms with Gasteiger partial charge in [0.25, 0.3) is 10.0 Å². The van der Waals surface area contributed by atoms with Gasteiger partial charge >= 0.3 is 0 Å². The van der Waals surface area contributed by atoms with E-state index in [1.165, 1.54) is 8.61 Å². The molecule has 210 valence electrons. The summed E-state index contributed by atoms with van der Waals surface area (Å²) >= 11 is 0. The highest BCUT2D eigenvalue weighted by molar-refractivity contribution is 7.93. The molecular weight excluding hydrogens is 530 g/mol. The SMILES string of the molecule is Cc1ccc(S(=O)(=O)N2C[C@H](C(C)C)N(S(=O)(=O)c3ccc(C)cc3)C[C@H](C(C)C)Nc3ccccc32)cc1. The van der Waals surface area contributed by atoms with E-state index in [9.17, 15) is 16.8 Å². The molecule has 0 fully saturated rings. The first-order valence-electron chi connectivity index (χ1n) is 13.4. The number of aryl methyl sites for hydroxylation is 2. The molecule has 0 aromatic heterocycles. The number of anilines is 2. The maximum absolute atomic E-state index is 14.2. The van der Waals surface area contributed by atoms with E-state index in [-0.39, 0.29) is 40.8 Å². The molecule has 0 bridgehead atoms. The Morgan fingerprint density at radius 2 is 1.21 bits per heavy atom. The van der Waals surface area contributed by atoms with Gasteiger partial charge in [-0.3, -0.25) is 4.31 Å². The molecule has 0 radical (unpaired) electrons. The van der Waals surface area contributed by atoms with Crippen LogP contribution >= 0.6 is 0 Å². The first-order chi connectivity index (χ1) is 18.3. The maximum Gasteiger partial charge on any atom is 0.264 e. The minimum absolute atomic E-state index is 0.0253. The van der Waals surface area contributed by atoms with Gasteiger partial charge in [-0.15, -0.1) is 0 Å². The number of fused-ring (bicyclic) bond motifs is 1. The molecular formula is C30H39N3O4S2. The minimum atomic E-state index is -4.02. The summed E-state index contributed by atoms with van der Waals surface area (Å²) in [7, 11) is -7.97. The number of sulfonamides is 2. The molecule has 1 heterocycles. The van der Waals surface area contributed by atoms with Gasteiger partial charge in [-0.2, -0.15) is 4.31 Å². The van der Waals surface area contributed by atoms with Gasteiger partial charge in [-0.25, -0.2) is 16.8 Å². The standard InChI is InChI=1S/C30H39N3O4S2/c1-21(2)28-19-32(38(34,35)25-15-11-23(5)12-16-25)30(22(3)4)20-33(29-10-8-7-9-27(29)31-28)39(36,37)26-17-13-24(6)14-18-26/h7-18,21-22,28,30-31H,19-20H2,1-6H3/t28-,30-/m1/s1. The van der Waals surface area contributed by atoms with Crippen molar-refractivity contribution in [2.45, 2.75) is 63.4 Å². The van der Waals surface area contributed by atoms with Gasteiger partial charge in [-0.1, -0.05) is 75.2 Å². The molecule has 0 unspecified atom stereocenters. The lowest BCUT2D eigenvalue weighted by Gasteiger charge is -2.38. The molecule has 0 amide bonds. The molecule has 0 saturated carbocycles. The van der Waals surface area contributed by atoms with E-state index in [2.05, 4.69) is 5.32 Å². The van der Waals surface area contributed by atoms with Crippen LogP contribution in [0.2, 0.25) is 0 Å². The number of nitrogens with one attached hydrogen (secondary N) is 1. The van der Waals surface area contributed by atoms with Crippen LogP contribution in [0.4, 0.5) is 11.4 Å². The number of rotatable bonds is 6. The number of benzene rings is 3. The first kappa shape index (κ1) is 29.1. The van der Waals surface area contributed by atoms with Gasteiger partial charge in [0.05, 0.1) is 27.7 Å². The molecule has 0 saturated heterocycles. The summed E-state index contributed by atoms with van der Waals surface area (Å²) in [5.41, 5.74) is 3.08. The lowest BCUT2D eigenvalue weighted by atomic mass is 10.0. The van der Waals surface area contributed by atoms with E-state index >= 15 is 0 Å². The molecule has 4 rings (SSSR count). The monoisotopic (exact) mass is 569 g/mol. The number of para-hydroxylation sites is 2. The van der Waals surface area contributed by atoms with Gasteiger partial charge in [0, 0.05) is 18.6 Å². The lowest BCUT2D eigenvalue weighted by Crippen LogP contribution is -2.53. The van der Waals surface area contributed by atoms with E-state index in [4.69, 9.17) is 0 Å². The van der Waals surface area contributed by atoms with Gasteiger partial charge in [0.1, 0.15) is 0 Å². The molecule has 7 nitrogen and oxygen atoms in total. The summed E-state index contributed by atoms with van der Waals surface area (Å²) in [5.74, 6) is -0.0964. The second-order valence-electron chi connectivity index (χ2n) is 11.1. The Kier molecular flexibility index (Phi) is 8.44. The summed E-state index contributed by atoms with van der Waals surface area (Å²) < 4.78 is 59.8. The zero-order valence-corrected chi connectivity index (χ0v) is 25.1. The van der Waals surface area contributed by atoms with Crippen LogP contribution in [0.15, 0.2) is 82.6 Å². The third kappa shape index (κ3) is 6.00. The van der Waals surface area contributed by atoms with Crippen molar-refractivity contribution >= 4 is 31.4 Å². The molecule has 0 aliphatic carbocycles. The largest absolute Gasteiger partial charge is 0.379 e. The topological polar surface area (TPSA) is 86.8 Å². The molecule has 1 N–H and O–H groups in total. The fourth-order valence-electron chi connectivity index (χ4n) is 4.86. The molecule has 0 spiro atoms. The van der Waals surface area contributed by atoms with E-state index in [0.717, 1.165) is 11.1 Å². The third-order valence-corrected chi connectivity index (χ3v) is 11.1. The van der Waals surface area contributed by atoms with Crippen LogP contribution in [0.3, 0.4) is 0 Å². The van der Waals surface area contributed by atoms with E-state index in [1.807, 2.05) is 59.7 Å². The number of hydrogen-bond donors (Lipinski definition) is 1. The fourth-order valence-corrected chi connectivity index (χ4v) is 8.13. The minimum Gasteiger partial charge on any atom is -0.379 e. The Labute approximate surface area is 234 Å². The Morgan fingerprint density at radius 3 is 1.72 bits per heavy atom. The van der Waals surface area contributed by atoms with Gasteiger partial charge in [0.15, 0.2) is 0 Å². The normalized spacial score (nSPS) is 19.2. The van der Waals surface area contributed by atoms with Crippen LogP contribution in [0.25, 0.3) is 0 Å². The van der Waals surface area contributed by atoms with Crippen LogP contribution < -0.4 is 9.62 Å². The van der Waals surface area contributed by atoms with E-state index in [1.54, 1.807) is 54.6 Å². The van der Waals surface area contributed by atoms with Crippen LogP contribution in [0.5, 0.6) is 0 Å². The van der Waals surface area contributed by atoms with Crippen molar-refractivity contribution in [2.75, 3.05) is 22.7 Å². The van der Waals surface area contributed by atoms with Crippen molar-refractivity contribution in [3.8, 4) is 0 Å². The molecule has 1 aliphatic heterocycles. The molecule has 9 heteroatoms. The van der Waals surface area contributed by atoms with Crippen LogP contribution in [0.1, 0.15) is 38.8 Å². The van der Waals surface area contributed by atoms with Crippen molar-refractivity contribution in [1.29, 1.82) is 0 Å². The Bertz CT molecular complexity index is 1500. The van der Waals surface area contributed by atoms with Gasteiger partial charge in [-0.05, 0) is 62.1 Å². The highest BCUT2D eigenvalue weighted by Crippen LogP contribution is 2.36. The highest BCUT2D eigenvalue weighted by atomic mass is 32.2.